The van der Waals surface area contributed by atoms with E-state index in [1.165, 1.54) is 11.3 Å². The zero-order chi connectivity index (χ0) is 18.0. The number of nitrogens with one attached hydrogen (secondary N) is 2. The van der Waals surface area contributed by atoms with Crippen LogP contribution in [0, 0.1) is 0 Å². The summed E-state index contributed by atoms with van der Waals surface area (Å²) in [5.74, 6) is -0.421. The topological polar surface area (TPSA) is 59.6 Å². The van der Waals surface area contributed by atoms with Gasteiger partial charge in [0.25, 0.3) is 0 Å². The number of hydrogen-bond acceptors (Lipinski definition) is 5. The van der Waals surface area contributed by atoms with E-state index in [1.54, 1.807) is 14.0 Å². The summed E-state index contributed by atoms with van der Waals surface area (Å²) in [5.41, 5.74) is 1.13. The van der Waals surface area contributed by atoms with Crippen LogP contribution in [-0.4, -0.2) is 31.4 Å². The van der Waals surface area contributed by atoms with Crippen molar-refractivity contribution in [2.45, 2.75) is 13.0 Å². The van der Waals surface area contributed by atoms with Crippen LogP contribution in [0.3, 0.4) is 0 Å². The lowest BCUT2D eigenvalue weighted by Gasteiger charge is -2.29. The Hall–Kier alpha value is -1.67. The summed E-state index contributed by atoms with van der Waals surface area (Å²) in [4.78, 5) is 13.4. The second-order valence-corrected chi connectivity index (χ2v) is 7.35. The number of halogens is 1. The number of fused-ring (bicyclic) bond motifs is 1. The fraction of sp³-hybridized carbons (Fsp3) is 0.294. The molecule has 1 aromatic carbocycles. The molecule has 0 amide bonds. The van der Waals surface area contributed by atoms with Crippen LogP contribution in [0.25, 0.3) is 10.1 Å². The fourth-order valence-electron chi connectivity index (χ4n) is 2.68. The average Bonchev–Trinajstić information content (AvgIpc) is 2.91. The first-order valence-corrected chi connectivity index (χ1v) is 9.24. The highest BCUT2D eigenvalue weighted by Gasteiger charge is 2.33. The predicted molar refractivity (Wildman–Crippen MR) is 104 cm³/mol. The first-order chi connectivity index (χ1) is 12.0. The lowest BCUT2D eigenvalue weighted by Crippen LogP contribution is -2.45. The third-order valence-electron chi connectivity index (χ3n) is 3.83. The van der Waals surface area contributed by atoms with Crippen molar-refractivity contribution >= 4 is 56.3 Å². The number of hydrogen-bond donors (Lipinski definition) is 2. The fourth-order valence-corrected chi connectivity index (χ4v) is 4.55. The minimum atomic E-state index is -0.450. The molecule has 1 aromatic heterocycles. The van der Waals surface area contributed by atoms with Gasteiger partial charge in [-0.2, -0.15) is 0 Å². The highest BCUT2D eigenvalue weighted by atomic mass is 35.5. The molecule has 0 radical (unpaired) electrons. The van der Waals surface area contributed by atoms with Crippen LogP contribution in [0.4, 0.5) is 0 Å². The average molecular weight is 397 g/mol. The number of allylic oxidation sites excluding steroid dienone is 1. The van der Waals surface area contributed by atoms with Gasteiger partial charge in [-0.05, 0) is 25.2 Å². The van der Waals surface area contributed by atoms with Crippen molar-refractivity contribution in [2.75, 3.05) is 20.3 Å². The van der Waals surface area contributed by atoms with E-state index in [0.29, 0.717) is 28.0 Å². The molecule has 0 saturated carbocycles. The first kappa shape index (κ1) is 18.1. The molecule has 0 aliphatic carbocycles. The molecule has 25 heavy (non-hydrogen) atoms. The molecule has 1 unspecified atom stereocenters. The molecule has 0 saturated heterocycles. The van der Waals surface area contributed by atoms with Crippen LogP contribution in [0.5, 0.6) is 0 Å². The molecule has 1 atom stereocenters. The van der Waals surface area contributed by atoms with Gasteiger partial charge in [0.2, 0.25) is 0 Å². The van der Waals surface area contributed by atoms with E-state index in [9.17, 15) is 4.79 Å². The Morgan fingerprint density at radius 1 is 1.36 bits per heavy atom. The van der Waals surface area contributed by atoms with Crippen molar-refractivity contribution in [1.29, 1.82) is 0 Å². The highest BCUT2D eigenvalue weighted by molar-refractivity contribution is 7.80. The second-order valence-electron chi connectivity index (χ2n) is 5.48. The smallest absolute Gasteiger partial charge is 0.338 e. The number of benzene rings is 1. The van der Waals surface area contributed by atoms with Gasteiger partial charge in [-0.3, -0.25) is 0 Å². The lowest BCUT2D eigenvalue weighted by molar-refractivity contribution is -0.140. The van der Waals surface area contributed by atoms with Crippen LogP contribution in [0.15, 0.2) is 35.5 Å². The van der Waals surface area contributed by atoms with Crippen molar-refractivity contribution < 1.29 is 14.3 Å². The first-order valence-electron chi connectivity index (χ1n) is 7.64. The van der Waals surface area contributed by atoms with Crippen molar-refractivity contribution in [2.24, 2.45) is 0 Å². The minimum Gasteiger partial charge on any atom is -0.460 e. The van der Waals surface area contributed by atoms with Gasteiger partial charge in [-0.15, -0.1) is 11.3 Å². The Morgan fingerprint density at radius 2 is 2.12 bits per heavy atom. The number of esters is 1. The van der Waals surface area contributed by atoms with Crippen molar-refractivity contribution in [3.8, 4) is 0 Å². The molecular formula is C17H17ClN2O3S2. The van der Waals surface area contributed by atoms with Crippen molar-refractivity contribution in [3.05, 3.63) is 45.4 Å². The molecule has 132 valence electrons. The molecule has 2 aromatic rings. The van der Waals surface area contributed by atoms with Crippen LogP contribution in [0.1, 0.15) is 17.8 Å². The van der Waals surface area contributed by atoms with Gasteiger partial charge in [0.05, 0.1) is 28.1 Å². The van der Waals surface area contributed by atoms with E-state index in [4.69, 9.17) is 33.3 Å². The van der Waals surface area contributed by atoms with Gasteiger partial charge in [0.15, 0.2) is 5.11 Å². The summed E-state index contributed by atoms with van der Waals surface area (Å²) in [6.07, 6.45) is 0. The van der Waals surface area contributed by atoms with Gasteiger partial charge < -0.3 is 20.1 Å². The standard InChI is InChI=1S/C17H17ClN2O3S2/c1-9-12(16(21)23-8-7-22-2)14(20-17(24)19-9)15-13(18)10-5-3-4-6-11(10)25-15/h3-6,14H,7-8H2,1-2H3,(H2,19,20,24). The second kappa shape index (κ2) is 7.70. The number of thiocarbonyl (C=S) groups is 1. The van der Waals surface area contributed by atoms with Gasteiger partial charge in [0, 0.05) is 22.9 Å². The monoisotopic (exact) mass is 396 g/mol. The maximum atomic E-state index is 12.6. The Kier molecular flexibility index (Phi) is 5.58. The molecule has 3 rings (SSSR count). The highest BCUT2D eigenvalue weighted by Crippen LogP contribution is 2.42. The number of ether oxygens (including phenoxy) is 2. The molecule has 1 aliphatic heterocycles. The van der Waals surface area contributed by atoms with E-state index in [-0.39, 0.29) is 6.61 Å². The van der Waals surface area contributed by atoms with Crippen LogP contribution >= 0.6 is 35.2 Å². The van der Waals surface area contributed by atoms with Crippen LogP contribution < -0.4 is 10.6 Å². The normalized spacial score (nSPS) is 17.4. The maximum Gasteiger partial charge on any atom is 0.338 e. The lowest BCUT2D eigenvalue weighted by atomic mass is 10.0. The number of rotatable bonds is 5. The van der Waals surface area contributed by atoms with E-state index < -0.39 is 12.0 Å². The zero-order valence-corrected chi connectivity index (χ0v) is 16.1. The van der Waals surface area contributed by atoms with Crippen molar-refractivity contribution in [1.82, 2.24) is 10.6 Å². The van der Waals surface area contributed by atoms with Gasteiger partial charge >= 0.3 is 5.97 Å². The Balaban J connectivity index is 2.01. The van der Waals surface area contributed by atoms with E-state index in [0.717, 1.165) is 15.0 Å². The van der Waals surface area contributed by atoms with Gasteiger partial charge in [-0.1, -0.05) is 29.8 Å². The Labute approximate surface area is 159 Å². The molecule has 2 N–H and O–H groups in total. The quantitative estimate of drug-likeness (QED) is 0.458. The number of methoxy groups -OCH3 is 1. The molecule has 8 heteroatoms. The third kappa shape index (κ3) is 3.64. The summed E-state index contributed by atoms with van der Waals surface area (Å²) in [7, 11) is 1.56. The molecule has 0 spiro atoms. The van der Waals surface area contributed by atoms with Crippen LogP contribution in [-0.2, 0) is 14.3 Å². The van der Waals surface area contributed by atoms with Gasteiger partial charge in [0.1, 0.15) is 6.61 Å². The molecule has 2 heterocycles. The largest absolute Gasteiger partial charge is 0.460 e. The summed E-state index contributed by atoms with van der Waals surface area (Å²) < 4.78 is 11.3. The number of carbonyl (C=O) groups is 1. The maximum absolute atomic E-state index is 12.6. The van der Waals surface area contributed by atoms with E-state index >= 15 is 0 Å². The Morgan fingerprint density at radius 3 is 2.84 bits per heavy atom. The predicted octanol–water partition coefficient (Wildman–Crippen LogP) is 3.54. The summed E-state index contributed by atoms with van der Waals surface area (Å²) in [6, 6.07) is 7.41. The zero-order valence-electron chi connectivity index (χ0n) is 13.7. The third-order valence-corrected chi connectivity index (χ3v) is 5.81. The molecule has 5 nitrogen and oxygen atoms in total. The molecule has 0 fully saturated rings. The van der Waals surface area contributed by atoms with Gasteiger partial charge in [-0.25, -0.2) is 4.79 Å². The summed E-state index contributed by atoms with van der Waals surface area (Å²) in [5, 5.41) is 8.16. The van der Waals surface area contributed by atoms with E-state index in [1.807, 2.05) is 24.3 Å². The minimum absolute atomic E-state index is 0.184. The Bertz CT molecular complexity index is 863. The van der Waals surface area contributed by atoms with Crippen molar-refractivity contribution in [3.63, 3.8) is 0 Å². The summed E-state index contributed by atoms with van der Waals surface area (Å²) in [6.45, 7) is 2.32. The van der Waals surface area contributed by atoms with Crippen LogP contribution in [0.2, 0.25) is 5.02 Å². The number of carbonyl (C=O) groups excluding carboxylic acids is 1. The SMILES string of the molecule is COCCOC(=O)C1=C(C)NC(=S)NC1c1sc2ccccc2c1Cl. The molecule has 0 bridgehead atoms. The molecule has 1 aliphatic rings. The molecular weight excluding hydrogens is 380 g/mol. The number of thiophene rings is 1. The van der Waals surface area contributed by atoms with E-state index in [2.05, 4.69) is 10.6 Å². The summed E-state index contributed by atoms with van der Waals surface area (Å²) >= 11 is 13.4.